The third-order valence-electron chi connectivity index (χ3n) is 4.29. The Morgan fingerprint density at radius 1 is 1.28 bits per heavy atom. The van der Waals surface area contributed by atoms with Crippen LogP contribution < -0.4 is 10.1 Å². The number of fused-ring (bicyclic) bond motifs is 1. The molecule has 0 aliphatic rings. The maximum absolute atomic E-state index is 13.3. The normalized spacial score (nSPS) is 11.0. The summed E-state index contributed by atoms with van der Waals surface area (Å²) in [6.45, 7) is 2.56. The first-order valence-corrected chi connectivity index (χ1v) is 10.2. The predicted molar refractivity (Wildman–Crippen MR) is 113 cm³/mol. The first-order chi connectivity index (χ1) is 14.0. The molecule has 4 aromatic rings. The molecule has 2 aromatic carbocycles. The van der Waals surface area contributed by atoms with Crippen molar-refractivity contribution in [2.75, 3.05) is 11.9 Å². The highest BCUT2D eigenvalue weighted by molar-refractivity contribution is 7.15. The zero-order chi connectivity index (χ0) is 20.4. The number of carbonyl (C=O) groups excluding carboxylic acids is 1. The Morgan fingerprint density at radius 2 is 2.07 bits per heavy atom. The topological polar surface area (TPSA) is 55.6 Å². The lowest BCUT2D eigenvalue weighted by molar-refractivity contribution is -0.115. The van der Waals surface area contributed by atoms with Gasteiger partial charge in [0.05, 0.1) is 23.7 Å². The summed E-state index contributed by atoms with van der Waals surface area (Å²) in [5, 5.41) is 4.61. The van der Waals surface area contributed by atoms with E-state index in [1.165, 1.54) is 29.5 Å². The van der Waals surface area contributed by atoms with E-state index in [2.05, 4.69) is 10.3 Å². The minimum atomic E-state index is -0.524. The third-order valence-corrected chi connectivity index (χ3v) is 5.47. The number of amides is 1. The van der Waals surface area contributed by atoms with Gasteiger partial charge in [0, 0.05) is 28.5 Å². The highest BCUT2D eigenvalue weighted by Gasteiger charge is 2.13. The molecule has 0 atom stereocenters. The summed E-state index contributed by atoms with van der Waals surface area (Å²) in [6, 6.07) is 11.8. The van der Waals surface area contributed by atoms with E-state index >= 15 is 0 Å². The highest BCUT2D eigenvalue weighted by atomic mass is 35.5. The summed E-state index contributed by atoms with van der Waals surface area (Å²) < 4.78 is 20.6. The number of anilines is 1. The molecule has 148 valence electrons. The quantitative estimate of drug-likeness (QED) is 0.444. The van der Waals surface area contributed by atoms with Gasteiger partial charge in [0.15, 0.2) is 4.96 Å². The summed E-state index contributed by atoms with van der Waals surface area (Å²) in [6.07, 6.45) is 2.08. The summed E-state index contributed by atoms with van der Waals surface area (Å²) in [7, 11) is 0. The Kier molecular flexibility index (Phi) is 5.51. The first kappa shape index (κ1) is 19.4. The van der Waals surface area contributed by atoms with Crippen LogP contribution in [0.1, 0.15) is 12.6 Å². The van der Waals surface area contributed by atoms with Crippen molar-refractivity contribution in [3.05, 3.63) is 70.6 Å². The molecule has 2 aromatic heterocycles. The lowest BCUT2D eigenvalue weighted by atomic mass is 10.1. The molecule has 0 unspecified atom stereocenters. The van der Waals surface area contributed by atoms with Gasteiger partial charge in [-0.1, -0.05) is 11.6 Å². The molecule has 2 heterocycles. The van der Waals surface area contributed by atoms with Crippen LogP contribution in [0, 0.1) is 5.82 Å². The molecule has 29 heavy (non-hydrogen) atoms. The van der Waals surface area contributed by atoms with E-state index in [-0.39, 0.29) is 17.4 Å². The van der Waals surface area contributed by atoms with E-state index in [9.17, 15) is 9.18 Å². The van der Waals surface area contributed by atoms with E-state index in [0.29, 0.717) is 12.3 Å². The zero-order valence-corrected chi connectivity index (χ0v) is 17.1. The summed E-state index contributed by atoms with van der Waals surface area (Å²) in [5.74, 6) is 0.0728. The van der Waals surface area contributed by atoms with Crippen molar-refractivity contribution in [1.82, 2.24) is 9.38 Å². The molecule has 5 nitrogen and oxygen atoms in total. The number of hydrogen-bond donors (Lipinski definition) is 1. The second kappa shape index (κ2) is 8.23. The first-order valence-electron chi connectivity index (χ1n) is 8.97. The fourth-order valence-electron chi connectivity index (χ4n) is 2.93. The standard InChI is InChI=1S/C21H17ClFN3O2S/c1-2-28-16-6-3-13(4-7-16)19-11-26-15(12-29-21(26)25-19)10-20(27)24-14-5-8-18(23)17(22)9-14/h3-9,11-12H,2,10H2,1H3,(H,24,27). The van der Waals surface area contributed by atoms with Crippen molar-refractivity contribution in [1.29, 1.82) is 0 Å². The number of imidazole rings is 1. The molecule has 1 amide bonds. The Labute approximate surface area is 175 Å². The Balaban J connectivity index is 1.51. The van der Waals surface area contributed by atoms with E-state index < -0.39 is 5.82 Å². The van der Waals surface area contributed by atoms with Gasteiger partial charge in [-0.15, -0.1) is 11.3 Å². The molecule has 8 heteroatoms. The van der Waals surface area contributed by atoms with Crippen LogP contribution in [0.15, 0.2) is 54.0 Å². The van der Waals surface area contributed by atoms with Crippen LogP contribution in [0.2, 0.25) is 5.02 Å². The molecule has 0 radical (unpaired) electrons. The van der Waals surface area contributed by atoms with Gasteiger partial charge in [0.1, 0.15) is 11.6 Å². The summed E-state index contributed by atoms with van der Waals surface area (Å²) >= 11 is 7.23. The van der Waals surface area contributed by atoms with Gasteiger partial charge in [-0.2, -0.15) is 0 Å². The second-order valence-electron chi connectivity index (χ2n) is 6.32. The SMILES string of the molecule is CCOc1ccc(-c2cn3c(CC(=O)Nc4ccc(F)c(Cl)c4)csc3n2)cc1. The molecule has 0 spiro atoms. The lowest BCUT2D eigenvalue weighted by Crippen LogP contribution is -2.15. The highest BCUT2D eigenvalue weighted by Crippen LogP contribution is 2.26. The molecular formula is C21H17ClFN3O2S. The molecule has 0 bridgehead atoms. The van der Waals surface area contributed by atoms with Gasteiger partial charge in [0.2, 0.25) is 5.91 Å². The van der Waals surface area contributed by atoms with Gasteiger partial charge in [-0.05, 0) is 49.4 Å². The van der Waals surface area contributed by atoms with Crippen LogP contribution in [-0.4, -0.2) is 21.9 Å². The van der Waals surface area contributed by atoms with Gasteiger partial charge in [0.25, 0.3) is 0 Å². The van der Waals surface area contributed by atoms with Crippen LogP contribution in [0.4, 0.5) is 10.1 Å². The van der Waals surface area contributed by atoms with Gasteiger partial charge in [-0.3, -0.25) is 9.20 Å². The Morgan fingerprint density at radius 3 is 2.79 bits per heavy atom. The molecule has 1 N–H and O–H groups in total. The second-order valence-corrected chi connectivity index (χ2v) is 7.56. The number of nitrogens with one attached hydrogen (secondary N) is 1. The smallest absolute Gasteiger partial charge is 0.230 e. The number of rotatable bonds is 6. The minimum Gasteiger partial charge on any atom is -0.494 e. The molecule has 0 aliphatic carbocycles. The van der Waals surface area contributed by atoms with Crippen LogP contribution in [0.25, 0.3) is 16.2 Å². The van der Waals surface area contributed by atoms with Crippen molar-refractivity contribution < 1.29 is 13.9 Å². The number of carbonyl (C=O) groups is 1. The van der Waals surface area contributed by atoms with Gasteiger partial charge < -0.3 is 10.1 Å². The zero-order valence-electron chi connectivity index (χ0n) is 15.5. The Hall–Kier alpha value is -2.90. The summed E-state index contributed by atoms with van der Waals surface area (Å²) in [5.41, 5.74) is 3.07. The fraction of sp³-hybridized carbons (Fsp3) is 0.143. The average Bonchev–Trinajstić information content (AvgIpc) is 3.28. The van der Waals surface area contributed by atoms with E-state index in [0.717, 1.165) is 27.7 Å². The van der Waals surface area contributed by atoms with Crippen molar-refractivity contribution >= 4 is 39.5 Å². The van der Waals surface area contributed by atoms with Crippen molar-refractivity contribution in [2.24, 2.45) is 0 Å². The average molecular weight is 430 g/mol. The molecular weight excluding hydrogens is 413 g/mol. The van der Waals surface area contributed by atoms with Gasteiger partial charge in [-0.25, -0.2) is 9.37 Å². The maximum Gasteiger partial charge on any atom is 0.230 e. The number of thiazole rings is 1. The molecule has 0 saturated heterocycles. The van der Waals surface area contributed by atoms with Crippen LogP contribution in [0.3, 0.4) is 0 Å². The number of halogens is 2. The molecule has 0 saturated carbocycles. The van der Waals surface area contributed by atoms with Crippen molar-refractivity contribution in [3.63, 3.8) is 0 Å². The van der Waals surface area contributed by atoms with Crippen molar-refractivity contribution in [2.45, 2.75) is 13.3 Å². The van der Waals surface area contributed by atoms with E-state index in [1.54, 1.807) is 0 Å². The monoisotopic (exact) mass is 429 g/mol. The molecule has 0 aliphatic heterocycles. The largest absolute Gasteiger partial charge is 0.494 e. The maximum atomic E-state index is 13.3. The number of aromatic nitrogens is 2. The van der Waals surface area contributed by atoms with E-state index in [4.69, 9.17) is 16.3 Å². The van der Waals surface area contributed by atoms with E-state index in [1.807, 2.05) is 47.2 Å². The molecule has 0 fully saturated rings. The van der Waals surface area contributed by atoms with Gasteiger partial charge >= 0.3 is 0 Å². The van der Waals surface area contributed by atoms with Crippen LogP contribution >= 0.6 is 22.9 Å². The third kappa shape index (κ3) is 4.26. The predicted octanol–water partition coefficient (Wildman–Crippen LogP) is 5.44. The van der Waals surface area contributed by atoms with Crippen LogP contribution in [0.5, 0.6) is 5.75 Å². The number of ether oxygens (including phenoxy) is 1. The van der Waals surface area contributed by atoms with Crippen molar-refractivity contribution in [3.8, 4) is 17.0 Å². The number of nitrogens with zero attached hydrogens (tertiary/aromatic N) is 2. The lowest BCUT2D eigenvalue weighted by Gasteiger charge is -2.06. The Bertz CT molecular complexity index is 1170. The fourth-order valence-corrected chi connectivity index (χ4v) is 3.98. The van der Waals surface area contributed by atoms with Crippen LogP contribution in [-0.2, 0) is 11.2 Å². The number of benzene rings is 2. The molecule has 4 rings (SSSR count). The number of hydrogen-bond acceptors (Lipinski definition) is 4. The summed E-state index contributed by atoms with van der Waals surface area (Å²) in [4.78, 5) is 17.9. The minimum absolute atomic E-state index is 0.0321.